The Labute approximate surface area is 169 Å². The van der Waals surface area contributed by atoms with Gasteiger partial charge in [-0.3, -0.25) is 21.0 Å². The molecule has 3 N–H and O–H groups in total. The van der Waals surface area contributed by atoms with Gasteiger partial charge in [-0.25, -0.2) is 13.2 Å². The van der Waals surface area contributed by atoms with Crippen LogP contribution in [0.1, 0.15) is 32.1 Å². The molecular formula is C17H25N5O6S. The summed E-state index contributed by atoms with van der Waals surface area (Å²) in [6.45, 7) is 0.804. The van der Waals surface area contributed by atoms with Crippen molar-refractivity contribution in [2.24, 2.45) is 0 Å². The first kappa shape index (κ1) is 21.3. The molecule has 160 valence electrons. The van der Waals surface area contributed by atoms with Crippen LogP contribution in [0.25, 0.3) is 0 Å². The van der Waals surface area contributed by atoms with Crippen molar-refractivity contribution in [1.82, 2.24) is 15.0 Å². The molecule has 11 nitrogen and oxygen atoms in total. The Bertz CT molecular complexity index is 850. The lowest BCUT2D eigenvalue weighted by atomic mass is 9.96. The van der Waals surface area contributed by atoms with E-state index < -0.39 is 21.0 Å². The summed E-state index contributed by atoms with van der Waals surface area (Å²) in [4.78, 5) is 22.4. The summed E-state index contributed by atoms with van der Waals surface area (Å²) in [6.07, 6.45) is 5.08. The Morgan fingerprint density at radius 2 is 1.86 bits per heavy atom. The monoisotopic (exact) mass is 427 g/mol. The molecule has 0 atom stereocenters. The Morgan fingerprint density at radius 1 is 1.17 bits per heavy atom. The lowest BCUT2D eigenvalue weighted by molar-refractivity contribution is -0.385. The highest BCUT2D eigenvalue weighted by Gasteiger charge is 2.30. The van der Waals surface area contributed by atoms with E-state index in [1.54, 1.807) is 0 Å². The van der Waals surface area contributed by atoms with Crippen LogP contribution < -0.4 is 16.2 Å². The quantitative estimate of drug-likeness (QED) is 0.462. The lowest BCUT2D eigenvalue weighted by Crippen LogP contribution is -2.45. The second-order valence-electron chi connectivity index (χ2n) is 7.01. The first-order valence-electron chi connectivity index (χ1n) is 9.57. The second-order valence-corrected chi connectivity index (χ2v) is 8.92. The van der Waals surface area contributed by atoms with Gasteiger partial charge in [0.15, 0.2) is 0 Å². The number of hydrazine groups is 1. The predicted octanol–water partition coefficient (Wildman–Crippen LogP) is 1.57. The second kappa shape index (κ2) is 9.37. The average molecular weight is 427 g/mol. The Hall–Kier alpha value is -2.44. The molecule has 1 heterocycles. The van der Waals surface area contributed by atoms with Crippen LogP contribution in [-0.2, 0) is 14.8 Å². The zero-order valence-corrected chi connectivity index (χ0v) is 16.7. The van der Waals surface area contributed by atoms with Gasteiger partial charge >= 0.3 is 6.03 Å². The number of urea groups is 1. The molecule has 1 aromatic rings. The van der Waals surface area contributed by atoms with E-state index in [1.807, 2.05) is 0 Å². The maximum atomic E-state index is 13.0. The number of benzene rings is 1. The topological polar surface area (TPSA) is 143 Å². The van der Waals surface area contributed by atoms with Crippen LogP contribution in [0.4, 0.5) is 16.2 Å². The summed E-state index contributed by atoms with van der Waals surface area (Å²) < 4.78 is 32.4. The molecule has 29 heavy (non-hydrogen) atoms. The minimum absolute atomic E-state index is 0.0564. The summed E-state index contributed by atoms with van der Waals surface area (Å²) in [6, 6.07) is 3.05. The number of carbonyl (C=O) groups is 1. The van der Waals surface area contributed by atoms with Gasteiger partial charge in [0.05, 0.1) is 23.8 Å². The predicted molar refractivity (Wildman–Crippen MR) is 105 cm³/mol. The number of non-ortho nitro benzene ring substituents is 1. The van der Waals surface area contributed by atoms with Gasteiger partial charge in [0.2, 0.25) is 10.0 Å². The molecule has 1 saturated heterocycles. The minimum atomic E-state index is -4.01. The number of nitro benzene ring substituents is 1. The van der Waals surface area contributed by atoms with E-state index in [1.165, 1.54) is 16.4 Å². The number of ether oxygens (including phenoxy) is 1. The molecule has 1 aliphatic heterocycles. The molecular weight excluding hydrogens is 402 g/mol. The smallest absolute Gasteiger partial charge is 0.333 e. The molecule has 2 amide bonds. The maximum Gasteiger partial charge on any atom is 0.333 e. The molecule has 2 aliphatic rings. The Kier molecular flexibility index (Phi) is 6.87. The molecule has 0 bridgehead atoms. The van der Waals surface area contributed by atoms with Crippen molar-refractivity contribution in [1.29, 1.82) is 0 Å². The third-order valence-corrected chi connectivity index (χ3v) is 6.95. The standard InChI is InChI=1S/C17H25N5O6S/c23-17(18-13-4-2-1-3-5-13)20-19-15-7-6-14(22(24)25)12-16(15)29(26,27)21-8-10-28-11-9-21/h6-7,12-13,19H,1-5,8-11H2,(H2,18,20,23). The van der Waals surface area contributed by atoms with Gasteiger partial charge in [0.1, 0.15) is 4.90 Å². The number of hydrogen-bond donors (Lipinski definition) is 3. The van der Waals surface area contributed by atoms with E-state index >= 15 is 0 Å². The van der Waals surface area contributed by atoms with E-state index in [4.69, 9.17) is 4.74 Å². The Morgan fingerprint density at radius 3 is 2.52 bits per heavy atom. The molecule has 0 unspecified atom stereocenters. The van der Waals surface area contributed by atoms with Crippen molar-refractivity contribution < 1.29 is 22.9 Å². The number of anilines is 1. The van der Waals surface area contributed by atoms with E-state index in [0.717, 1.165) is 38.2 Å². The molecule has 0 aromatic heterocycles. The van der Waals surface area contributed by atoms with Gasteiger partial charge in [-0.05, 0) is 18.9 Å². The molecule has 1 saturated carbocycles. The van der Waals surface area contributed by atoms with Crippen LogP contribution in [0.15, 0.2) is 23.1 Å². The summed E-state index contributed by atoms with van der Waals surface area (Å²) in [5, 5.41) is 14.0. The van der Waals surface area contributed by atoms with E-state index in [9.17, 15) is 23.3 Å². The van der Waals surface area contributed by atoms with Crippen molar-refractivity contribution >= 4 is 27.4 Å². The van der Waals surface area contributed by atoms with Crippen LogP contribution in [0, 0.1) is 10.1 Å². The number of nitro groups is 1. The first-order valence-corrected chi connectivity index (χ1v) is 11.0. The molecule has 0 spiro atoms. The molecule has 0 radical (unpaired) electrons. The summed E-state index contributed by atoms with van der Waals surface area (Å²) >= 11 is 0. The number of carbonyl (C=O) groups excluding carboxylic acids is 1. The third kappa shape index (κ3) is 5.34. The number of nitrogens with one attached hydrogen (secondary N) is 3. The van der Waals surface area contributed by atoms with Gasteiger partial charge in [-0.1, -0.05) is 19.3 Å². The maximum absolute atomic E-state index is 13.0. The van der Waals surface area contributed by atoms with Gasteiger partial charge in [-0.2, -0.15) is 4.31 Å². The van der Waals surface area contributed by atoms with Crippen molar-refractivity contribution in [2.75, 3.05) is 31.7 Å². The average Bonchev–Trinajstić information content (AvgIpc) is 2.73. The van der Waals surface area contributed by atoms with Crippen molar-refractivity contribution in [3.05, 3.63) is 28.3 Å². The molecule has 1 aliphatic carbocycles. The highest BCUT2D eigenvalue weighted by atomic mass is 32.2. The fourth-order valence-electron chi connectivity index (χ4n) is 3.46. The van der Waals surface area contributed by atoms with Crippen molar-refractivity contribution in [2.45, 2.75) is 43.0 Å². The summed E-state index contributed by atoms with van der Waals surface area (Å²) in [7, 11) is -4.01. The summed E-state index contributed by atoms with van der Waals surface area (Å²) in [5.74, 6) is 0. The normalized spacial score (nSPS) is 18.8. The SMILES string of the molecule is O=C(NNc1ccc([N+](=O)[O-])cc1S(=O)(=O)N1CCOCC1)NC1CCCCC1. The number of sulfonamides is 1. The largest absolute Gasteiger partial charge is 0.379 e. The van der Waals surface area contributed by atoms with Crippen LogP contribution >= 0.6 is 0 Å². The lowest BCUT2D eigenvalue weighted by Gasteiger charge is -2.27. The molecule has 2 fully saturated rings. The highest BCUT2D eigenvalue weighted by Crippen LogP contribution is 2.29. The fourth-order valence-corrected chi connectivity index (χ4v) is 5.03. The van der Waals surface area contributed by atoms with E-state index in [2.05, 4.69) is 16.2 Å². The van der Waals surface area contributed by atoms with Gasteiger partial charge in [-0.15, -0.1) is 0 Å². The van der Waals surface area contributed by atoms with Crippen molar-refractivity contribution in [3.63, 3.8) is 0 Å². The van der Waals surface area contributed by atoms with Crippen LogP contribution in [0.3, 0.4) is 0 Å². The fraction of sp³-hybridized carbons (Fsp3) is 0.588. The number of morpholine rings is 1. The molecule has 12 heteroatoms. The zero-order chi connectivity index (χ0) is 20.9. The van der Waals surface area contributed by atoms with Crippen molar-refractivity contribution in [3.8, 4) is 0 Å². The van der Waals surface area contributed by atoms with E-state index in [-0.39, 0.29) is 48.6 Å². The first-order chi connectivity index (χ1) is 13.9. The zero-order valence-electron chi connectivity index (χ0n) is 15.9. The van der Waals surface area contributed by atoms with Gasteiger partial charge in [0.25, 0.3) is 5.69 Å². The molecule has 3 rings (SSSR count). The number of nitrogens with zero attached hydrogens (tertiary/aromatic N) is 2. The van der Waals surface area contributed by atoms with Gasteiger partial charge in [0, 0.05) is 31.3 Å². The summed E-state index contributed by atoms with van der Waals surface area (Å²) in [5.41, 5.74) is 4.73. The van der Waals surface area contributed by atoms with Crippen LogP contribution in [0.5, 0.6) is 0 Å². The Balaban J connectivity index is 1.76. The number of amides is 2. The van der Waals surface area contributed by atoms with Crippen LogP contribution in [0.2, 0.25) is 0 Å². The molecule has 1 aromatic carbocycles. The highest BCUT2D eigenvalue weighted by molar-refractivity contribution is 7.89. The number of hydrogen-bond acceptors (Lipinski definition) is 7. The van der Waals surface area contributed by atoms with Crippen LogP contribution in [-0.4, -0.2) is 56.0 Å². The number of rotatable bonds is 6. The van der Waals surface area contributed by atoms with E-state index in [0.29, 0.717) is 0 Å². The van der Waals surface area contributed by atoms with Gasteiger partial charge < -0.3 is 10.1 Å². The third-order valence-electron chi connectivity index (χ3n) is 5.01. The minimum Gasteiger partial charge on any atom is -0.379 e.